The van der Waals surface area contributed by atoms with Crippen LogP contribution in [0.3, 0.4) is 0 Å². The monoisotopic (exact) mass is 498 g/mol. The number of hydrazine groups is 1. The standard InChI is InChI=1S/C22H19ClF4N4O3/c1-13(32)31(29-12-15-6-4-8-17(24)19(15)23)9-10-34-21(33)30-20-18(22(25,26)27)16-7-3-2-5-14(16)11-28-20/h2-8,11,29H,9-10,12H2,1H3,(H,28,30,33). The van der Waals surface area contributed by atoms with E-state index in [1.165, 1.54) is 43.5 Å². The Bertz CT molecular complexity index is 1210. The van der Waals surface area contributed by atoms with Crippen molar-refractivity contribution in [2.45, 2.75) is 19.6 Å². The molecule has 7 nitrogen and oxygen atoms in total. The SMILES string of the molecule is CC(=O)N(CCOC(=O)Nc1ncc2ccccc2c1C(F)(F)F)NCc1cccc(F)c1Cl. The van der Waals surface area contributed by atoms with Gasteiger partial charge in [-0.05, 0) is 17.0 Å². The lowest BCUT2D eigenvalue weighted by atomic mass is 10.1. The van der Waals surface area contributed by atoms with Crippen molar-refractivity contribution in [1.82, 2.24) is 15.4 Å². The molecule has 0 saturated carbocycles. The molecule has 0 aliphatic rings. The number of hydrogen-bond donors (Lipinski definition) is 2. The van der Waals surface area contributed by atoms with Gasteiger partial charge in [-0.15, -0.1) is 0 Å². The van der Waals surface area contributed by atoms with Crippen molar-refractivity contribution in [1.29, 1.82) is 0 Å². The van der Waals surface area contributed by atoms with E-state index < -0.39 is 35.4 Å². The van der Waals surface area contributed by atoms with Crippen molar-refractivity contribution in [2.24, 2.45) is 0 Å². The third-order valence-corrected chi connectivity index (χ3v) is 5.15. The van der Waals surface area contributed by atoms with Crippen LogP contribution >= 0.6 is 11.6 Å². The third kappa shape index (κ3) is 6.12. The minimum atomic E-state index is -4.77. The Morgan fingerprint density at radius 2 is 1.88 bits per heavy atom. The smallest absolute Gasteiger partial charge is 0.420 e. The minimum Gasteiger partial charge on any atom is -0.447 e. The average Bonchev–Trinajstić information content (AvgIpc) is 2.77. The fourth-order valence-corrected chi connectivity index (χ4v) is 3.31. The Morgan fingerprint density at radius 1 is 1.15 bits per heavy atom. The Balaban J connectivity index is 1.61. The molecule has 0 radical (unpaired) electrons. The van der Waals surface area contributed by atoms with E-state index in [0.29, 0.717) is 5.56 Å². The molecule has 1 heterocycles. The van der Waals surface area contributed by atoms with E-state index in [2.05, 4.69) is 10.4 Å². The first-order valence-electron chi connectivity index (χ1n) is 9.91. The van der Waals surface area contributed by atoms with Crippen LogP contribution in [0.2, 0.25) is 5.02 Å². The zero-order valence-corrected chi connectivity index (χ0v) is 18.5. The summed E-state index contributed by atoms with van der Waals surface area (Å²) in [6.07, 6.45) is -4.74. The molecule has 2 aromatic carbocycles. The van der Waals surface area contributed by atoms with E-state index in [4.69, 9.17) is 16.3 Å². The van der Waals surface area contributed by atoms with Crippen molar-refractivity contribution < 1.29 is 31.9 Å². The molecule has 2 amide bonds. The van der Waals surface area contributed by atoms with Gasteiger partial charge in [0.25, 0.3) is 0 Å². The molecule has 12 heteroatoms. The zero-order chi connectivity index (χ0) is 24.9. The zero-order valence-electron chi connectivity index (χ0n) is 17.7. The van der Waals surface area contributed by atoms with Gasteiger partial charge in [0, 0.05) is 25.1 Å². The second-order valence-corrected chi connectivity index (χ2v) is 7.42. The second kappa shape index (κ2) is 10.7. The third-order valence-electron chi connectivity index (χ3n) is 4.72. The largest absolute Gasteiger partial charge is 0.447 e. The van der Waals surface area contributed by atoms with Crippen molar-refractivity contribution in [3.05, 3.63) is 70.6 Å². The van der Waals surface area contributed by atoms with Gasteiger partial charge in [-0.2, -0.15) is 13.2 Å². The number of nitrogens with zero attached hydrogens (tertiary/aromatic N) is 2. The molecule has 0 aliphatic carbocycles. The van der Waals surface area contributed by atoms with Crippen LogP contribution in [0.25, 0.3) is 10.8 Å². The Kier molecular flexibility index (Phi) is 7.90. The molecular weight excluding hydrogens is 480 g/mol. The number of rotatable bonds is 7. The second-order valence-electron chi connectivity index (χ2n) is 7.05. The summed E-state index contributed by atoms with van der Waals surface area (Å²) >= 11 is 5.88. The van der Waals surface area contributed by atoms with Crippen LogP contribution in [-0.4, -0.2) is 35.1 Å². The molecule has 0 unspecified atom stereocenters. The number of nitrogens with one attached hydrogen (secondary N) is 2. The quantitative estimate of drug-likeness (QED) is 0.348. The Hall–Kier alpha value is -3.44. The number of alkyl halides is 3. The van der Waals surface area contributed by atoms with Crippen LogP contribution in [0.5, 0.6) is 0 Å². The van der Waals surface area contributed by atoms with Gasteiger partial charge in [-0.3, -0.25) is 15.1 Å². The molecule has 0 aliphatic heterocycles. The molecule has 0 bridgehead atoms. The first kappa shape index (κ1) is 25.2. The number of benzene rings is 2. The predicted molar refractivity (Wildman–Crippen MR) is 117 cm³/mol. The number of ether oxygens (including phenoxy) is 1. The maximum atomic E-state index is 13.6. The number of aromatic nitrogens is 1. The van der Waals surface area contributed by atoms with Gasteiger partial charge < -0.3 is 4.74 Å². The fraction of sp³-hybridized carbons (Fsp3) is 0.227. The summed E-state index contributed by atoms with van der Waals surface area (Å²) in [6.45, 7) is 0.782. The van der Waals surface area contributed by atoms with Crippen molar-refractivity contribution >= 4 is 40.2 Å². The molecule has 0 atom stereocenters. The van der Waals surface area contributed by atoms with E-state index in [-0.39, 0.29) is 35.5 Å². The Labute approximate surface area is 196 Å². The molecular formula is C22H19ClF4N4O3. The summed E-state index contributed by atoms with van der Waals surface area (Å²) in [5.74, 6) is -1.75. The topological polar surface area (TPSA) is 83.6 Å². The number of halogens is 5. The van der Waals surface area contributed by atoms with Gasteiger partial charge in [0.1, 0.15) is 23.8 Å². The molecule has 1 aromatic heterocycles. The van der Waals surface area contributed by atoms with Crippen LogP contribution in [0.1, 0.15) is 18.1 Å². The number of fused-ring (bicyclic) bond motifs is 1. The maximum Gasteiger partial charge on any atom is 0.420 e. The van der Waals surface area contributed by atoms with Crippen molar-refractivity contribution in [3.63, 3.8) is 0 Å². The number of carbonyl (C=O) groups excluding carboxylic acids is 2. The van der Waals surface area contributed by atoms with E-state index in [1.54, 1.807) is 12.1 Å². The Morgan fingerprint density at radius 3 is 2.59 bits per heavy atom. The first-order chi connectivity index (χ1) is 16.1. The summed E-state index contributed by atoms with van der Waals surface area (Å²) in [6, 6.07) is 9.98. The summed E-state index contributed by atoms with van der Waals surface area (Å²) in [5.41, 5.74) is 2.04. The number of pyridine rings is 1. The summed E-state index contributed by atoms with van der Waals surface area (Å²) in [4.78, 5) is 27.7. The molecule has 0 saturated heterocycles. The minimum absolute atomic E-state index is 0.0122. The molecule has 0 fully saturated rings. The van der Waals surface area contributed by atoms with Gasteiger partial charge in [0.05, 0.1) is 11.6 Å². The van der Waals surface area contributed by atoms with Gasteiger partial charge in [-0.1, -0.05) is 48.0 Å². The fourth-order valence-electron chi connectivity index (χ4n) is 3.12. The molecule has 2 N–H and O–H groups in total. The number of hydrogen-bond acceptors (Lipinski definition) is 5. The van der Waals surface area contributed by atoms with Crippen LogP contribution in [0, 0.1) is 5.82 Å². The van der Waals surface area contributed by atoms with Gasteiger partial charge >= 0.3 is 12.3 Å². The lowest BCUT2D eigenvalue weighted by molar-refractivity contribution is -0.136. The van der Waals surface area contributed by atoms with Crippen molar-refractivity contribution in [2.75, 3.05) is 18.5 Å². The molecule has 3 rings (SSSR count). The molecule has 180 valence electrons. The van der Waals surface area contributed by atoms with Crippen LogP contribution in [-0.2, 0) is 22.3 Å². The molecule has 0 spiro atoms. The summed E-state index contributed by atoms with van der Waals surface area (Å²) in [7, 11) is 0. The van der Waals surface area contributed by atoms with Crippen LogP contribution in [0.4, 0.5) is 28.2 Å². The van der Waals surface area contributed by atoms with Gasteiger partial charge in [0.2, 0.25) is 5.91 Å². The van der Waals surface area contributed by atoms with Crippen LogP contribution < -0.4 is 10.7 Å². The van der Waals surface area contributed by atoms with Gasteiger partial charge in [-0.25, -0.2) is 19.6 Å². The highest BCUT2D eigenvalue weighted by Crippen LogP contribution is 2.38. The maximum absolute atomic E-state index is 13.6. The number of amides is 2. The average molecular weight is 499 g/mol. The molecule has 34 heavy (non-hydrogen) atoms. The lowest BCUT2D eigenvalue weighted by Gasteiger charge is -2.22. The van der Waals surface area contributed by atoms with Crippen molar-refractivity contribution in [3.8, 4) is 0 Å². The van der Waals surface area contributed by atoms with E-state index in [1.807, 2.05) is 5.32 Å². The number of anilines is 1. The highest BCUT2D eigenvalue weighted by atomic mass is 35.5. The van der Waals surface area contributed by atoms with Gasteiger partial charge in [0.15, 0.2) is 0 Å². The van der Waals surface area contributed by atoms with Crippen LogP contribution in [0.15, 0.2) is 48.7 Å². The number of carbonyl (C=O) groups is 2. The summed E-state index contributed by atoms with van der Waals surface area (Å²) < 4.78 is 59.4. The first-order valence-corrected chi connectivity index (χ1v) is 10.3. The van der Waals surface area contributed by atoms with E-state index in [9.17, 15) is 27.2 Å². The highest BCUT2D eigenvalue weighted by molar-refractivity contribution is 6.31. The van der Waals surface area contributed by atoms with E-state index in [0.717, 1.165) is 5.01 Å². The molecule has 3 aromatic rings. The van der Waals surface area contributed by atoms with E-state index >= 15 is 0 Å². The highest BCUT2D eigenvalue weighted by Gasteiger charge is 2.37. The lowest BCUT2D eigenvalue weighted by Crippen LogP contribution is -2.43. The predicted octanol–water partition coefficient (Wildman–Crippen LogP) is 5.15. The summed E-state index contributed by atoms with van der Waals surface area (Å²) in [5, 5.41) is 3.15. The normalized spacial score (nSPS) is 11.4.